The van der Waals surface area contributed by atoms with Gasteiger partial charge in [-0.3, -0.25) is 9.59 Å². The van der Waals surface area contributed by atoms with E-state index in [2.05, 4.69) is 26.2 Å². The van der Waals surface area contributed by atoms with Gasteiger partial charge in [0.05, 0.1) is 6.61 Å². The third-order valence-electron chi connectivity index (χ3n) is 2.27. The summed E-state index contributed by atoms with van der Waals surface area (Å²) < 4.78 is 5.24. The summed E-state index contributed by atoms with van der Waals surface area (Å²) in [6.45, 7) is 3.51. The Labute approximate surface area is 114 Å². The highest BCUT2D eigenvalue weighted by Gasteiger charge is 2.08. The van der Waals surface area contributed by atoms with E-state index >= 15 is 0 Å². The minimum Gasteiger partial charge on any atom is -0.381 e. The Morgan fingerprint density at radius 3 is 2.94 bits per heavy atom. The Bertz CT molecular complexity index is 445. The van der Waals surface area contributed by atoms with Crippen LogP contribution in [0.15, 0.2) is 17.1 Å². The molecule has 0 radical (unpaired) electrons. The number of ether oxygens (including phenoxy) is 1. The molecule has 1 aromatic heterocycles. The molecule has 0 aliphatic heterocycles. The summed E-state index contributed by atoms with van der Waals surface area (Å²) >= 11 is 3.25. The zero-order valence-corrected chi connectivity index (χ0v) is 11.9. The van der Waals surface area contributed by atoms with E-state index in [0.717, 1.165) is 17.4 Å². The molecule has 1 amide bonds. The molecule has 0 fully saturated rings. The lowest BCUT2D eigenvalue weighted by Gasteiger charge is -2.05. The zero-order valence-electron chi connectivity index (χ0n) is 10.3. The summed E-state index contributed by atoms with van der Waals surface area (Å²) in [5, 5.41) is 3.49. The van der Waals surface area contributed by atoms with Crippen LogP contribution >= 0.6 is 15.9 Å². The fourth-order valence-corrected chi connectivity index (χ4v) is 1.61. The number of H-pyrrole nitrogens is 1. The number of hydrogen-bond donors (Lipinski definition) is 2. The van der Waals surface area contributed by atoms with Gasteiger partial charge < -0.3 is 15.0 Å². The molecule has 0 spiro atoms. The number of halogens is 1. The van der Waals surface area contributed by atoms with Gasteiger partial charge in [-0.1, -0.05) is 15.9 Å². The topological polar surface area (TPSA) is 71.2 Å². The number of rotatable bonds is 7. The first-order valence-electron chi connectivity index (χ1n) is 5.76. The van der Waals surface area contributed by atoms with Crippen LogP contribution in [0.3, 0.4) is 0 Å². The van der Waals surface area contributed by atoms with Crippen molar-refractivity contribution in [3.05, 3.63) is 33.7 Å². The number of amides is 1. The highest BCUT2D eigenvalue weighted by molar-refractivity contribution is 9.09. The lowest BCUT2D eigenvalue weighted by Crippen LogP contribution is -2.30. The number of alkyl halides is 1. The van der Waals surface area contributed by atoms with Gasteiger partial charge in [-0.2, -0.15) is 0 Å². The minimum atomic E-state index is -0.350. The predicted molar refractivity (Wildman–Crippen MR) is 73.4 cm³/mol. The van der Waals surface area contributed by atoms with Crippen molar-refractivity contribution in [3.63, 3.8) is 0 Å². The molecule has 1 heterocycles. The zero-order chi connectivity index (χ0) is 13.4. The average molecular weight is 317 g/mol. The van der Waals surface area contributed by atoms with Crippen molar-refractivity contribution in [3.8, 4) is 0 Å². The molecule has 0 aliphatic rings. The van der Waals surface area contributed by atoms with E-state index in [0.29, 0.717) is 19.8 Å². The van der Waals surface area contributed by atoms with E-state index in [1.54, 1.807) is 6.92 Å². The normalized spacial score (nSPS) is 10.3. The van der Waals surface area contributed by atoms with Crippen molar-refractivity contribution in [2.75, 3.05) is 25.1 Å². The molecular weight excluding hydrogens is 300 g/mol. The molecule has 0 saturated carbocycles. The molecule has 5 nitrogen and oxygen atoms in total. The van der Waals surface area contributed by atoms with Gasteiger partial charge in [-0.25, -0.2) is 0 Å². The minimum absolute atomic E-state index is 0.141. The second-order valence-electron chi connectivity index (χ2n) is 3.80. The Hall–Kier alpha value is -1.14. The van der Waals surface area contributed by atoms with Crippen LogP contribution in [0, 0.1) is 6.92 Å². The Morgan fingerprint density at radius 2 is 2.28 bits per heavy atom. The molecule has 1 rings (SSSR count). The summed E-state index contributed by atoms with van der Waals surface area (Å²) in [7, 11) is 0. The number of nitrogens with one attached hydrogen (secondary N) is 2. The third-order valence-corrected chi connectivity index (χ3v) is 2.60. The fraction of sp³-hybridized carbons (Fsp3) is 0.500. The lowest BCUT2D eigenvalue weighted by molar-refractivity contribution is 0.0943. The van der Waals surface area contributed by atoms with Gasteiger partial charge in [0.2, 0.25) is 0 Å². The smallest absolute Gasteiger partial charge is 0.256 e. The first kappa shape index (κ1) is 14.9. The maximum Gasteiger partial charge on any atom is 0.256 e. The molecule has 0 bridgehead atoms. The van der Waals surface area contributed by atoms with Crippen LogP contribution in [-0.2, 0) is 4.74 Å². The van der Waals surface area contributed by atoms with Crippen molar-refractivity contribution < 1.29 is 9.53 Å². The summed E-state index contributed by atoms with van der Waals surface area (Å²) in [5.41, 5.74) is 0.612. The van der Waals surface area contributed by atoms with Crippen molar-refractivity contribution in [1.29, 1.82) is 0 Å². The van der Waals surface area contributed by atoms with Crippen molar-refractivity contribution in [2.24, 2.45) is 0 Å². The van der Waals surface area contributed by atoms with Gasteiger partial charge in [0.1, 0.15) is 5.56 Å². The monoisotopic (exact) mass is 316 g/mol. The van der Waals surface area contributed by atoms with Gasteiger partial charge in [0.15, 0.2) is 5.43 Å². The third kappa shape index (κ3) is 5.01. The van der Waals surface area contributed by atoms with E-state index in [-0.39, 0.29) is 16.9 Å². The second-order valence-corrected chi connectivity index (χ2v) is 4.60. The Morgan fingerprint density at radius 1 is 1.50 bits per heavy atom. The summed E-state index contributed by atoms with van der Waals surface area (Å²) in [6.07, 6.45) is 2.16. The van der Waals surface area contributed by atoms with Crippen LogP contribution < -0.4 is 10.7 Å². The standard InChI is InChI=1S/C12H17BrN2O3/c1-9-7-11(16)10(8-15-9)12(17)14-4-2-5-18-6-3-13/h7-8H,2-6H2,1H3,(H,14,17)(H,15,16). The number of aromatic amines is 1. The molecule has 100 valence electrons. The Balaban J connectivity index is 2.34. The number of aryl methyl sites for hydroxylation is 1. The number of pyridine rings is 1. The van der Waals surface area contributed by atoms with E-state index in [1.165, 1.54) is 12.3 Å². The molecule has 0 saturated heterocycles. The maximum absolute atomic E-state index is 11.7. The number of aromatic nitrogens is 1. The molecule has 0 aliphatic carbocycles. The SMILES string of the molecule is Cc1cc(=O)c(C(=O)NCCCOCCBr)c[nH]1. The molecule has 6 heteroatoms. The molecule has 2 N–H and O–H groups in total. The predicted octanol–water partition coefficient (Wildman–Crippen LogP) is 1.21. The summed E-state index contributed by atoms with van der Waals surface area (Å²) in [6, 6.07) is 1.41. The van der Waals surface area contributed by atoms with E-state index in [1.807, 2.05) is 0 Å². The van der Waals surface area contributed by atoms with Crippen molar-refractivity contribution in [1.82, 2.24) is 10.3 Å². The highest BCUT2D eigenvalue weighted by Crippen LogP contribution is 1.92. The average Bonchev–Trinajstić information content (AvgIpc) is 2.33. The first-order valence-corrected chi connectivity index (χ1v) is 6.88. The molecule has 0 aromatic carbocycles. The lowest BCUT2D eigenvalue weighted by atomic mass is 10.2. The van der Waals surface area contributed by atoms with Crippen LogP contribution in [0.4, 0.5) is 0 Å². The van der Waals surface area contributed by atoms with Crippen LogP contribution in [0.5, 0.6) is 0 Å². The second kappa shape index (κ2) is 8.05. The fourth-order valence-electron chi connectivity index (χ4n) is 1.38. The molecule has 18 heavy (non-hydrogen) atoms. The first-order chi connectivity index (χ1) is 8.65. The van der Waals surface area contributed by atoms with Crippen molar-refractivity contribution >= 4 is 21.8 Å². The van der Waals surface area contributed by atoms with Gasteiger partial charge in [0, 0.05) is 36.4 Å². The summed E-state index contributed by atoms with van der Waals surface area (Å²) in [5.74, 6) is -0.350. The van der Waals surface area contributed by atoms with Crippen LogP contribution in [0.25, 0.3) is 0 Å². The van der Waals surface area contributed by atoms with Gasteiger partial charge in [-0.15, -0.1) is 0 Å². The van der Waals surface area contributed by atoms with Crippen LogP contribution in [-0.4, -0.2) is 36.0 Å². The van der Waals surface area contributed by atoms with Crippen molar-refractivity contribution in [2.45, 2.75) is 13.3 Å². The van der Waals surface area contributed by atoms with Gasteiger partial charge in [-0.05, 0) is 13.3 Å². The Kier molecular flexibility index (Phi) is 6.67. The number of carbonyl (C=O) groups excluding carboxylic acids is 1. The summed E-state index contributed by atoms with van der Waals surface area (Å²) in [4.78, 5) is 26.1. The number of hydrogen-bond acceptors (Lipinski definition) is 3. The highest BCUT2D eigenvalue weighted by atomic mass is 79.9. The molecule has 0 atom stereocenters. The quantitative estimate of drug-likeness (QED) is 0.587. The molecule has 0 unspecified atom stereocenters. The van der Waals surface area contributed by atoms with E-state index < -0.39 is 0 Å². The number of carbonyl (C=O) groups is 1. The van der Waals surface area contributed by atoms with E-state index in [9.17, 15) is 9.59 Å². The molecular formula is C12H17BrN2O3. The van der Waals surface area contributed by atoms with Gasteiger partial charge >= 0.3 is 0 Å². The van der Waals surface area contributed by atoms with Gasteiger partial charge in [0.25, 0.3) is 5.91 Å². The van der Waals surface area contributed by atoms with Crippen LogP contribution in [0.2, 0.25) is 0 Å². The van der Waals surface area contributed by atoms with E-state index in [4.69, 9.17) is 4.74 Å². The molecule has 1 aromatic rings. The largest absolute Gasteiger partial charge is 0.381 e. The maximum atomic E-state index is 11.7. The van der Waals surface area contributed by atoms with Crippen LogP contribution in [0.1, 0.15) is 22.5 Å².